The number of aryl methyl sites for hydroxylation is 1. The Labute approximate surface area is 134 Å². The second-order valence-corrected chi connectivity index (χ2v) is 6.34. The maximum atomic E-state index is 10.5. The monoisotopic (exact) mass is 309 g/mol. The topological polar surface area (TPSA) is 69.8 Å². The summed E-state index contributed by atoms with van der Waals surface area (Å²) in [6.45, 7) is 12.0. The molecule has 0 spiro atoms. The van der Waals surface area contributed by atoms with Crippen LogP contribution in [0.3, 0.4) is 0 Å². The first-order valence-corrected chi connectivity index (χ1v) is 8.16. The van der Waals surface area contributed by atoms with E-state index in [1.165, 1.54) is 6.42 Å². The lowest BCUT2D eigenvalue weighted by Crippen LogP contribution is -2.39. The number of nitrogens with one attached hydrogen (secondary N) is 2. The normalized spacial score (nSPS) is 15.0. The number of hydrogen-bond acceptors (Lipinski definition) is 3. The number of nitrogens with zero attached hydrogens (tertiary/aromatic N) is 1. The van der Waals surface area contributed by atoms with Gasteiger partial charge >= 0.3 is 0 Å². The molecule has 0 saturated carbocycles. The fourth-order valence-electron chi connectivity index (χ4n) is 2.09. The van der Waals surface area contributed by atoms with Crippen LogP contribution in [0.25, 0.3) is 0 Å². The summed E-state index contributed by atoms with van der Waals surface area (Å²) in [7, 11) is 0. The average Bonchev–Trinajstić information content (AvgIpc) is 2.88. The van der Waals surface area contributed by atoms with E-state index in [9.17, 15) is 5.11 Å². The summed E-state index contributed by atoms with van der Waals surface area (Å²) in [5.74, 6) is 2.78. The fourth-order valence-corrected chi connectivity index (χ4v) is 2.09. The molecular formula is C17H31N3O2. The zero-order valence-corrected chi connectivity index (χ0v) is 14.6. The fraction of sp³-hybridized carbons (Fsp3) is 0.706. The lowest BCUT2D eigenvalue weighted by atomic mass is 10.0. The highest BCUT2D eigenvalue weighted by atomic mass is 16.4. The van der Waals surface area contributed by atoms with Gasteiger partial charge in [0.15, 0.2) is 5.96 Å². The smallest absolute Gasteiger partial charge is 0.191 e. The predicted molar refractivity (Wildman–Crippen MR) is 91.1 cm³/mol. The van der Waals surface area contributed by atoms with Gasteiger partial charge in [-0.3, -0.25) is 0 Å². The van der Waals surface area contributed by atoms with Crippen molar-refractivity contribution in [1.82, 2.24) is 10.6 Å². The summed E-state index contributed by atoms with van der Waals surface area (Å²) in [6.07, 6.45) is 2.30. The van der Waals surface area contributed by atoms with Crippen LogP contribution in [0.1, 0.15) is 52.1 Å². The third-order valence-electron chi connectivity index (χ3n) is 3.41. The number of aliphatic imine (C=N–C) groups is 1. The zero-order valence-electron chi connectivity index (χ0n) is 14.6. The Hall–Kier alpha value is -1.49. The first-order valence-electron chi connectivity index (χ1n) is 8.16. The van der Waals surface area contributed by atoms with E-state index in [2.05, 4.69) is 29.5 Å². The molecule has 1 unspecified atom stereocenters. The molecule has 3 N–H and O–H groups in total. The Balaban J connectivity index is 2.56. The molecule has 0 aromatic carbocycles. The molecule has 1 aromatic heterocycles. The van der Waals surface area contributed by atoms with Gasteiger partial charge in [-0.1, -0.05) is 13.8 Å². The minimum atomic E-state index is -1.10. The summed E-state index contributed by atoms with van der Waals surface area (Å²) in [5.41, 5.74) is -1.10. The second kappa shape index (κ2) is 8.83. The molecule has 5 nitrogen and oxygen atoms in total. The van der Waals surface area contributed by atoms with E-state index < -0.39 is 5.60 Å². The molecule has 126 valence electrons. The number of aliphatic hydroxyl groups is 1. The Morgan fingerprint density at radius 1 is 1.36 bits per heavy atom. The van der Waals surface area contributed by atoms with Gasteiger partial charge in [-0.25, -0.2) is 4.99 Å². The molecule has 0 aliphatic heterocycles. The zero-order chi connectivity index (χ0) is 16.6. The molecule has 0 saturated heterocycles. The lowest BCUT2D eigenvalue weighted by Gasteiger charge is -2.19. The highest BCUT2D eigenvalue weighted by Gasteiger charge is 2.26. The van der Waals surface area contributed by atoms with E-state index in [4.69, 9.17) is 4.42 Å². The number of guanidine groups is 1. The van der Waals surface area contributed by atoms with Crippen LogP contribution in [0.15, 0.2) is 21.5 Å². The second-order valence-electron chi connectivity index (χ2n) is 6.34. The van der Waals surface area contributed by atoms with Crippen molar-refractivity contribution in [3.05, 3.63) is 23.7 Å². The van der Waals surface area contributed by atoms with Crippen LogP contribution in [0.5, 0.6) is 0 Å². The molecule has 0 aliphatic rings. The molecule has 22 heavy (non-hydrogen) atoms. The molecule has 5 heteroatoms. The standard InChI is InChI=1S/C17H31N3O2/c1-6-18-16(19-11-7-8-13(2)3)20-12-17(5,21)15-10-9-14(4)22-15/h9-10,13,21H,6-8,11-12H2,1-5H3,(H2,18,19,20). The first-order chi connectivity index (χ1) is 10.3. The molecule has 0 fully saturated rings. The molecule has 0 amide bonds. The van der Waals surface area contributed by atoms with Gasteiger partial charge in [0.1, 0.15) is 17.1 Å². The molecule has 0 aliphatic carbocycles. The van der Waals surface area contributed by atoms with Crippen LogP contribution in [0, 0.1) is 12.8 Å². The highest BCUT2D eigenvalue weighted by molar-refractivity contribution is 5.79. The summed E-state index contributed by atoms with van der Waals surface area (Å²) >= 11 is 0. The molecule has 1 rings (SSSR count). The van der Waals surface area contributed by atoms with Crippen LogP contribution in [-0.4, -0.2) is 30.7 Å². The van der Waals surface area contributed by atoms with Gasteiger partial charge in [0, 0.05) is 13.1 Å². The van der Waals surface area contributed by atoms with Crippen molar-refractivity contribution in [3.63, 3.8) is 0 Å². The quantitative estimate of drug-likeness (QED) is 0.392. The van der Waals surface area contributed by atoms with Crippen LogP contribution in [-0.2, 0) is 5.60 Å². The number of hydrogen-bond donors (Lipinski definition) is 3. The largest absolute Gasteiger partial charge is 0.463 e. The van der Waals surface area contributed by atoms with Gasteiger partial charge in [0.2, 0.25) is 0 Å². The first kappa shape index (κ1) is 18.6. The van der Waals surface area contributed by atoms with Crippen molar-refractivity contribution in [1.29, 1.82) is 0 Å². The van der Waals surface area contributed by atoms with Gasteiger partial charge in [-0.05, 0) is 51.7 Å². The molecule has 1 heterocycles. The van der Waals surface area contributed by atoms with Crippen LogP contribution in [0.2, 0.25) is 0 Å². The van der Waals surface area contributed by atoms with E-state index in [0.717, 1.165) is 31.2 Å². The van der Waals surface area contributed by atoms with Gasteiger partial charge in [-0.2, -0.15) is 0 Å². The average molecular weight is 309 g/mol. The summed E-state index contributed by atoms with van der Waals surface area (Å²) < 4.78 is 5.51. The maximum Gasteiger partial charge on any atom is 0.191 e. The predicted octanol–water partition coefficient (Wildman–Crippen LogP) is 2.79. The third kappa shape index (κ3) is 6.52. The van der Waals surface area contributed by atoms with Gasteiger partial charge in [-0.15, -0.1) is 0 Å². The summed E-state index contributed by atoms with van der Waals surface area (Å²) in [6, 6.07) is 3.65. The van der Waals surface area contributed by atoms with Crippen molar-refractivity contribution < 1.29 is 9.52 Å². The van der Waals surface area contributed by atoms with E-state index >= 15 is 0 Å². The summed E-state index contributed by atoms with van der Waals surface area (Å²) in [5, 5.41) is 17.0. The summed E-state index contributed by atoms with van der Waals surface area (Å²) in [4.78, 5) is 4.47. The van der Waals surface area contributed by atoms with Crippen LogP contribution < -0.4 is 10.6 Å². The molecule has 0 bridgehead atoms. The van der Waals surface area contributed by atoms with E-state index in [0.29, 0.717) is 11.7 Å². The van der Waals surface area contributed by atoms with E-state index in [-0.39, 0.29) is 6.54 Å². The van der Waals surface area contributed by atoms with Crippen molar-refractivity contribution in [3.8, 4) is 0 Å². The number of furan rings is 1. The highest BCUT2D eigenvalue weighted by Crippen LogP contribution is 2.22. The minimum Gasteiger partial charge on any atom is -0.463 e. The number of rotatable bonds is 8. The Kier molecular flexibility index (Phi) is 7.45. The van der Waals surface area contributed by atoms with Gasteiger partial charge < -0.3 is 20.2 Å². The van der Waals surface area contributed by atoms with E-state index in [1.807, 2.05) is 19.9 Å². The molecule has 1 aromatic rings. The van der Waals surface area contributed by atoms with Crippen molar-refractivity contribution in [2.75, 3.05) is 19.6 Å². The van der Waals surface area contributed by atoms with Crippen molar-refractivity contribution in [2.45, 2.75) is 53.1 Å². The minimum absolute atomic E-state index is 0.249. The maximum absolute atomic E-state index is 10.5. The molecular weight excluding hydrogens is 278 g/mol. The Morgan fingerprint density at radius 3 is 2.64 bits per heavy atom. The molecule has 0 radical (unpaired) electrons. The van der Waals surface area contributed by atoms with Gasteiger partial charge in [0.05, 0.1) is 6.54 Å². The Bertz CT molecular complexity index is 464. The lowest BCUT2D eigenvalue weighted by molar-refractivity contribution is 0.0428. The third-order valence-corrected chi connectivity index (χ3v) is 3.41. The molecule has 1 atom stereocenters. The SMILES string of the molecule is CCNC(=NCC(C)(O)c1ccc(C)o1)NCCCC(C)C. The van der Waals surface area contributed by atoms with Crippen molar-refractivity contribution >= 4 is 5.96 Å². The van der Waals surface area contributed by atoms with E-state index in [1.54, 1.807) is 13.0 Å². The van der Waals surface area contributed by atoms with Crippen molar-refractivity contribution in [2.24, 2.45) is 10.9 Å². The van der Waals surface area contributed by atoms with Crippen LogP contribution >= 0.6 is 0 Å². The Morgan fingerprint density at radius 2 is 2.09 bits per heavy atom. The van der Waals surface area contributed by atoms with Crippen LogP contribution in [0.4, 0.5) is 0 Å². The van der Waals surface area contributed by atoms with Gasteiger partial charge in [0.25, 0.3) is 0 Å².